The molecule has 0 N–H and O–H groups in total. The summed E-state index contributed by atoms with van der Waals surface area (Å²) in [5.74, 6) is 0. The second-order valence-electron chi connectivity index (χ2n) is 4.18. The van der Waals surface area contributed by atoms with E-state index in [2.05, 4.69) is 45.2 Å². The van der Waals surface area contributed by atoms with E-state index in [1.807, 2.05) is 20.8 Å². The topological polar surface area (TPSA) is 0 Å². The summed E-state index contributed by atoms with van der Waals surface area (Å²) < 4.78 is 0. The Morgan fingerprint density at radius 1 is 1.00 bits per heavy atom. The van der Waals surface area contributed by atoms with Gasteiger partial charge in [-0.3, -0.25) is 0 Å². The normalized spacial score (nSPS) is 13.9. The molecule has 0 heteroatoms. The van der Waals surface area contributed by atoms with E-state index in [9.17, 15) is 0 Å². The van der Waals surface area contributed by atoms with Gasteiger partial charge in [-0.1, -0.05) is 55.0 Å². The first-order chi connectivity index (χ1) is 7.43. The summed E-state index contributed by atoms with van der Waals surface area (Å²) in [7, 11) is 0. The smallest absolute Gasteiger partial charge is 0.0159 e. The molecule has 0 amide bonds. The van der Waals surface area contributed by atoms with Crippen LogP contribution in [0.4, 0.5) is 0 Å². The third-order valence-corrected chi connectivity index (χ3v) is 2.40. The van der Waals surface area contributed by atoms with Gasteiger partial charge in [0.1, 0.15) is 0 Å². The number of rotatable bonds is 5. The quantitative estimate of drug-likeness (QED) is 0.542. The second-order valence-corrected chi connectivity index (χ2v) is 4.18. The van der Waals surface area contributed by atoms with Crippen LogP contribution < -0.4 is 0 Å². The highest BCUT2D eigenvalue weighted by atomic mass is 14.1. The lowest BCUT2D eigenvalue weighted by molar-refractivity contribution is 1.19. The van der Waals surface area contributed by atoms with Crippen molar-refractivity contribution in [2.45, 2.75) is 41.0 Å². The minimum atomic E-state index is 1.06. The van der Waals surface area contributed by atoms with Gasteiger partial charge in [-0.2, -0.15) is 0 Å². The third-order valence-electron chi connectivity index (χ3n) is 2.40. The first-order valence-corrected chi connectivity index (χ1v) is 5.80. The molecule has 0 atom stereocenters. The Balaban J connectivity index is 5.41. The Kier molecular flexibility index (Phi) is 6.48. The van der Waals surface area contributed by atoms with E-state index in [0.29, 0.717) is 0 Å². The van der Waals surface area contributed by atoms with Gasteiger partial charge in [0.15, 0.2) is 0 Å². The molecule has 0 fully saturated rings. The van der Waals surface area contributed by atoms with Crippen molar-refractivity contribution in [3.8, 4) is 0 Å². The van der Waals surface area contributed by atoms with Gasteiger partial charge >= 0.3 is 0 Å². The Morgan fingerprint density at radius 3 is 1.81 bits per heavy atom. The molecule has 0 rings (SSSR count). The lowest BCUT2D eigenvalue weighted by Gasteiger charge is -2.12. The van der Waals surface area contributed by atoms with Crippen molar-refractivity contribution >= 4 is 0 Å². The molecule has 0 saturated carbocycles. The van der Waals surface area contributed by atoms with E-state index >= 15 is 0 Å². The van der Waals surface area contributed by atoms with Gasteiger partial charge in [0.25, 0.3) is 0 Å². The van der Waals surface area contributed by atoms with Crippen molar-refractivity contribution in [3.63, 3.8) is 0 Å². The van der Waals surface area contributed by atoms with E-state index < -0.39 is 0 Å². The molecule has 0 bridgehead atoms. The van der Waals surface area contributed by atoms with Crippen molar-refractivity contribution in [1.29, 1.82) is 0 Å². The largest absolute Gasteiger partial charge is 0.0955 e. The highest BCUT2D eigenvalue weighted by Crippen LogP contribution is 2.25. The first-order valence-electron chi connectivity index (χ1n) is 5.80. The van der Waals surface area contributed by atoms with E-state index in [1.165, 1.54) is 16.7 Å². The van der Waals surface area contributed by atoms with Crippen LogP contribution in [0.15, 0.2) is 59.3 Å². The zero-order valence-electron chi connectivity index (χ0n) is 11.4. The van der Waals surface area contributed by atoms with Crippen LogP contribution in [0.25, 0.3) is 0 Å². The van der Waals surface area contributed by atoms with Crippen LogP contribution in [0, 0.1) is 0 Å². The number of hydrogen-bond acceptors (Lipinski definition) is 0. The third kappa shape index (κ3) is 4.48. The van der Waals surface area contributed by atoms with E-state index in [0.717, 1.165) is 17.6 Å². The van der Waals surface area contributed by atoms with Crippen molar-refractivity contribution in [2.75, 3.05) is 0 Å². The summed E-state index contributed by atoms with van der Waals surface area (Å²) in [6.45, 7) is 18.4. The predicted molar refractivity (Wildman–Crippen MR) is 75.5 cm³/mol. The monoisotopic (exact) mass is 216 g/mol. The van der Waals surface area contributed by atoms with Gasteiger partial charge in [-0.05, 0) is 45.3 Å². The number of hydrogen-bond donors (Lipinski definition) is 0. The summed E-state index contributed by atoms with van der Waals surface area (Å²) in [5.41, 5.74) is 5.83. The van der Waals surface area contributed by atoms with Gasteiger partial charge in [-0.15, -0.1) is 0 Å². The van der Waals surface area contributed by atoms with Gasteiger partial charge in [0.2, 0.25) is 0 Å². The molecular formula is C16H24. The van der Waals surface area contributed by atoms with Crippen LogP contribution in [0.2, 0.25) is 0 Å². The van der Waals surface area contributed by atoms with E-state index in [-0.39, 0.29) is 0 Å². The van der Waals surface area contributed by atoms with E-state index in [1.54, 1.807) is 0 Å². The summed E-state index contributed by atoms with van der Waals surface area (Å²) in [6.07, 6.45) is 7.57. The lowest BCUT2D eigenvalue weighted by Crippen LogP contribution is -1.93. The van der Waals surface area contributed by atoms with Crippen LogP contribution in [0.5, 0.6) is 0 Å². The average Bonchev–Trinajstić information content (AvgIpc) is 2.17. The molecule has 0 aliphatic carbocycles. The molecule has 0 aliphatic rings. The van der Waals surface area contributed by atoms with Gasteiger partial charge < -0.3 is 0 Å². The van der Waals surface area contributed by atoms with Crippen LogP contribution in [-0.4, -0.2) is 0 Å². The maximum atomic E-state index is 4.04. The van der Waals surface area contributed by atoms with Gasteiger partial charge in [0, 0.05) is 0 Å². The molecule has 0 saturated heterocycles. The molecule has 0 spiro atoms. The van der Waals surface area contributed by atoms with Gasteiger partial charge in [0.05, 0.1) is 0 Å². The average molecular weight is 216 g/mol. The van der Waals surface area contributed by atoms with Crippen molar-refractivity contribution in [2.24, 2.45) is 0 Å². The molecule has 0 aliphatic heterocycles. The molecule has 16 heavy (non-hydrogen) atoms. The summed E-state index contributed by atoms with van der Waals surface area (Å²) >= 11 is 0. The minimum Gasteiger partial charge on any atom is -0.0955 e. The highest BCUT2D eigenvalue weighted by molar-refractivity contribution is 5.55. The molecule has 0 aromatic rings. The zero-order valence-corrected chi connectivity index (χ0v) is 11.4. The first kappa shape index (κ1) is 14.7. The summed E-state index contributed by atoms with van der Waals surface area (Å²) in [5, 5.41) is 0. The van der Waals surface area contributed by atoms with Crippen molar-refractivity contribution in [3.05, 3.63) is 59.3 Å². The van der Waals surface area contributed by atoms with Crippen LogP contribution in [-0.2, 0) is 0 Å². The van der Waals surface area contributed by atoms with Crippen LogP contribution >= 0.6 is 0 Å². The fourth-order valence-electron chi connectivity index (χ4n) is 1.67. The summed E-state index contributed by atoms with van der Waals surface area (Å²) in [6, 6.07) is 0. The fraction of sp³-hybridized carbons (Fsp3) is 0.375. The Hall–Kier alpha value is -1.30. The SMILES string of the molecule is C=C(C)C(=C/C)/C(=C\C(C)=C\CC)C(=C)C. The molecule has 0 heterocycles. The molecule has 0 aromatic heterocycles. The highest BCUT2D eigenvalue weighted by Gasteiger charge is 2.05. The molecule has 0 nitrogen and oxygen atoms in total. The lowest BCUT2D eigenvalue weighted by atomic mass is 9.93. The second kappa shape index (κ2) is 7.05. The van der Waals surface area contributed by atoms with Gasteiger partial charge in [-0.25, -0.2) is 0 Å². The standard InChI is InChI=1S/C16H24/c1-8-10-14(7)11-16(13(5)6)15(9-2)12(3)4/h9-11H,3,5,8H2,1-2,4,6-7H3/b14-10+,15-9-,16-11-. The maximum Gasteiger partial charge on any atom is -0.0159 e. The van der Waals surface area contributed by atoms with Crippen molar-refractivity contribution in [1.82, 2.24) is 0 Å². The molecule has 88 valence electrons. The minimum absolute atomic E-state index is 1.06. The van der Waals surface area contributed by atoms with Crippen molar-refractivity contribution < 1.29 is 0 Å². The fourth-order valence-corrected chi connectivity index (χ4v) is 1.67. The Bertz CT molecular complexity index is 359. The maximum absolute atomic E-state index is 4.04. The van der Waals surface area contributed by atoms with E-state index in [4.69, 9.17) is 0 Å². The molecule has 0 unspecified atom stereocenters. The number of allylic oxidation sites excluding steroid dienone is 8. The van der Waals surface area contributed by atoms with Crippen LogP contribution in [0.3, 0.4) is 0 Å². The Morgan fingerprint density at radius 2 is 1.50 bits per heavy atom. The zero-order chi connectivity index (χ0) is 12.7. The summed E-state index contributed by atoms with van der Waals surface area (Å²) in [4.78, 5) is 0. The predicted octanol–water partition coefficient (Wildman–Crippen LogP) is 5.37. The molecule has 0 radical (unpaired) electrons. The molecule has 0 aromatic carbocycles. The molecular weight excluding hydrogens is 192 g/mol. The Labute approximate surface area is 101 Å². The van der Waals surface area contributed by atoms with Crippen LogP contribution in [0.1, 0.15) is 41.0 Å².